The van der Waals surface area contributed by atoms with Crippen LogP contribution in [-0.2, 0) is 6.61 Å². The van der Waals surface area contributed by atoms with E-state index in [2.05, 4.69) is 57.4 Å². The van der Waals surface area contributed by atoms with Crippen molar-refractivity contribution in [3.05, 3.63) is 99.1 Å². The largest absolute Gasteiger partial charge is 0.507 e. The Morgan fingerprint density at radius 3 is 2.62 bits per heavy atom. The predicted octanol–water partition coefficient (Wildman–Crippen LogP) is 5.89. The zero-order valence-electron chi connectivity index (χ0n) is 18.5. The Bertz CT molecular complexity index is 1350. The van der Waals surface area contributed by atoms with Gasteiger partial charge < -0.3 is 14.6 Å². The molecule has 0 saturated heterocycles. The summed E-state index contributed by atoms with van der Waals surface area (Å²) in [7, 11) is 0. The molecule has 4 rings (SSSR count). The molecular formula is C27H23IN2O4. The molecule has 0 radical (unpaired) electrons. The lowest BCUT2D eigenvalue weighted by molar-refractivity contribution is 0.0952. The number of benzene rings is 4. The molecule has 0 aromatic heterocycles. The molecule has 0 spiro atoms. The van der Waals surface area contributed by atoms with Gasteiger partial charge in [0.15, 0.2) is 11.5 Å². The van der Waals surface area contributed by atoms with Crippen molar-refractivity contribution in [3.63, 3.8) is 0 Å². The Morgan fingerprint density at radius 1 is 1.03 bits per heavy atom. The molecule has 172 valence electrons. The summed E-state index contributed by atoms with van der Waals surface area (Å²) in [6, 6.07) is 24.4. The van der Waals surface area contributed by atoms with Crippen LogP contribution in [0.5, 0.6) is 17.2 Å². The van der Waals surface area contributed by atoms with E-state index in [4.69, 9.17) is 9.47 Å². The molecule has 0 unspecified atom stereocenters. The molecule has 0 aliphatic heterocycles. The number of nitrogens with zero attached hydrogens (tertiary/aromatic N) is 1. The number of para-hydroxylation sites is 1. The number of nitrogens with one attached hydrogen (secondary N) is 1. The number of aromatic hydroxyl groups is 1. The van der Waals surface area contributed by atoms with Crippen LogP contribution >= 0.6 is 22.6 Å². The maximum absolute atomic E-state index is 12.2. The standard InChI is InChI=1S/C27H23IN2O4/c1-2-33-25-15-18(16-29-30-27(32)22-12-5-6-13-24(22)31)14-23(28)26(25)34-17-20-10-7-9-19-8-3-4-11-21(19)20/h3-16,31H,2,17H2,1H3,(H,30,32). The van der Waals surface area contributed by atoms with Gasteiger partial charge in [-0.05, 0) is 75.7 Å². The van der Waals surface area contributed by atoms with Crippen LogP contribution < -0.4 is 14.9 Å². The van der Waals surface area contributed by atoms with Crippen LogP contribution in [0.1, 0.15) is 28.4 Å². The van der Waals surface area contributed by atoms with Gasteiger partial charge in [-0.1, -0.05) is 54.6 Å². The smallest absolute Gasteiger partial charge is 0.275 e. The van der Waals surface area contributed by atoms with Gasteiger partial charge in [0.25, 0.3) is 5.91 Å². The Labute approximate surface area is 211 Å². The Balaban J connectivity index is 1.51. The van der Waals surface area contributed by atoms with Crippen LogP contribution in [0, 0.1) is 3.57 Å². The normalized spacial score (nSPS) is 11.0. The maximum atomic E-state index is 12.2. The highest BCUT2D eigenvalue weighted by molar-refractivity contribution is 14.1. The van der Waals surface area contributed by atoms with Crippen LogP contribution in [0.15, 0.2) is 84.0 Å². The van der Waals surface area contributed by atoms with Crippen LogP contribution in [0.2, 0.25) is 0 Å². The van der Waals surface area contributed by atoms with Crippen molar-refractivity contribution in [2.45, 2.75) is 13.5 Å². The molecule has 2 N–H and O–H groups in total. The summed E-state index contributed by atoms with van der Waals surface area (Å²) in [6.45, 7) is 2.79. The summed E-state index contributed by atoms with van der Waals surface area (Å²) in [4.78, 5) is 12.2. The van der Waals surface area contributed by atoms with Gasteiger partial charge in [0.2, 0.25) is 0 Å². The molecule has 0 fully saturated rings. The minimum atomic E-state index is -0.496. The third-order valence-electron chi connectivity index (χ3n) is 5.11. The first-order valence-electron chi connectivity index (χ1n) is 10.7. The quantitative estimate of drug-likeness (QED) is 0.158. The van der Waals surface area contributed by atoms with Crippen molar-refractivity contribution in [2.75, 3.05) is 6.61 Å². The number of phenols is 1. The van der Waals surface area contributed by atoms with E-state index in [-0.39, 0.29) is 11.3 Å². The number of phenolic OH excluding ortho intramolecular Hbond substituents is 1. The van der Waals surface area contributed by atoms with Gasteiger partial charge >= 0.3 is 0 Å². The van der Waals surface area contributed by atoms with Gasteiger partial charge in [-0.3, -0.25) is 4.79 Å². The predicted molar refractivity (Wildman–Crippen MR) is 142 cm³/mol. The summed E-state index contributed by atoms with van der Waals surface area (Å²) >= 11 is 2.20. The number of halogens is 1. The van der Waals surface area contributed by atoms with Gasteiger partial charge in [0.1, 0.15) is 12.4 Å². The van der Waals surface area contributed by atoms with E-state index in [0.717, 1.165) is 20.1 Å². The van der Waals surface area contributed by atoms with Crippen molar-refractivity contribution in [1.82, 2.24) is 5.43 Å². The number of hydrogen-bond acceptors (Lipinski definition) is 5. The molecule has 0 aliphatic rings. The van der Waals surface area contributed by atoms with Gasteiger partial charge in [0.05, 0.1) is 22.0 Å². The van der Waals surface area contributed by atoms with E-state index < -0.39 is 5.91 Å². The molecule has 0 heterocycles. The summed E-state index contributed by atoms with van der Waals surface area (Å²) in [5.74, 6) is 0.661. The number of amides is 1. The fraction of sp³-hybridized carbons (Fsp3) is 0.111. The van der Waals surface area contributed by atoms with Crippen LogP contribution in [0.25, 0.3) is 10.8 Å². The van der Waals surface area contributed by atoms with Crippen molar-refractivity contribution in [2.24, 2.45) is 5.10 Å². The van der Waals surface area contributed by atoms with Crippen LogP contribution in [0.4, 0.5) is 0 Å². The molecule has 7 heteroatoms. The lowest BCUT2D eigenvalue weighted by Gasteiger charge is -2.15. The molecule has 1 amide bonds. The number of carbonyl (C=O) groups is 1. The number of fused-ring (bicyclic) bond motifs is 1. The minimum Gasteiger partial charge on any atom is -0.507 e. The average Bonchev–Trinajstić information content (AvgIpc) is 2.84. The van der Waals surface area contributed by atoms with Crippen molar-refractivity contribution < 1.29 is 19.4 Å². The lowest BCUT2D eigenvalue weighted by Crippen LogP contribution is -2.17. The molecule has 0 saturated carbocycles. The number of ether oxygens (including phenoxy) is 2. The molecule has 0 bridgehead atoms. The van der Waals surface area contributed by atoms with Gasteiger partial charge in [0, 0.05) is 0 Å². The summed E-state index contributed by atoms with van der Waals surface area (Å²) < 4.78 is 12.9. The van der Waals surface area contributed by atoms with E-state index >= 15 is 0 Å². The molecule has 0 atom stereocenters. The zero-order valence-corrected chi connectivity index (χ0v) is 20.7. The Kier molecular flexibility index (Phi) is 7.64. The van der Waals surface area contributed by atoms with E-state index in [1.807, 2.05) is 37.3 Å². The highest BCUT2D eigenvalue weighted by Crippen LogP contribution is 2.35. The highest BCUT2D eigenvalue weighted by atomic mass is 127. The van der Waals surface area contributed by atoms with E-state index in [9.17, 15) is 9.90 Å². The van der Waals surface area contributed by atoms with E-state index in [1.54, 1.807) is 12.1 Å². The van der Waals surface area contributed by atoms with Crippen molar-refractivity contribution in [1.29, 1.82) is 0 Å². The molecular weight excluding hydrogens is 543 g/mol. The zero-order chi connectivity index (χ0) is 23.9. The second-order valence-electron chi connectivity index (χ2n) is 7.41. The first-order valence-corrected chi connectivity index (χ1v) is 11.8. The first kappa shape index (κ1) is 23.6. The second kappa shape index (κ2) is 11.0. The third kappa shape index (κ3) is 5.48. The fourth-order valence-electron chi connectivity index (χ4n) is 3.53. The number of carbonyl (C=O) groups excluding carboxylic acids is 1. The maximum Gasteiger partial charge on any atom is 0.275 e. The van der Waals surface area contributed by atoms with Gasteiger partial charge in [-0.2, -0.15) is 5.10 Å². The van der Waals surface area contributed by atoms with Gasteiger partial charge in [-0.25, -0.2) is 5.43 Å². The lowest BCUT2D eigenvalue weighted by atomic mass is 10.1. The number of hydrogen-bond donors (Lipinski definition) is 2. The first-order chi connectivity index (χ1) is 16.6. The summed E-state index contributed by atoms with van der Waals surface area (Å²) in [5.41, 5.74) is 4.42. The molecule has 34 heavy (non-hydrogen) atoms. The van der Waals surface area contributed by atoms with Crippen LogP contribution in [-0.4, -0.2) is 23.8 Å². The molecule has 4 aromatic rings. The molecule has 4 aromatic carbocycles. The molecule has 6 nitrogen and oxygen atoms in total. The third-order valence-corrected chi connectivity index (χ3v) is 5.91. The SMILES string of the molecule is CCOc1cc(C=NNC(=O)c2ccccc2O)cc(I)c1OCc1cccc2ccccc12. The Hall–Kier alpha value is -3.59. The summed E-state index contributed by atoms with van der Waals surface area (Å²) in [5, 5.41) is 16.2. The second-order valence-corrected chi connectivity index (χ2v) is 8.57. The van der Waals surface area contributed by atoms with E-state index in [0.29, 0.717) is 24.7 Å². The average molecular weight is 566 g/mol. The van der Waals surface area contributed by atoms with Crippen molar-refractivity contribution in [3.8, 4) is 17.2 Å². The monoisotopic (exact) mass is 566 g/mol. The topological polar surface area (TPSA) is 80.2 Å². The van der Waals surface area contributed by atoms with Gasteiger partial charge in [-0.15, -0.1) is 0 Å². The Morgan fingerprint density at radius 2 is 1.79 bits per heavy atom. The van der Waals surface area contributed by atoms with E-state index in [1.165, 1.54) is 23.7 Å². The minimum absolute atomic E-state index is 0.101. The number of rotatable bonds is 8. The summed E-state index contributed by atoms with van der Waals surface area (Å²) in [6.07, 6.45) is 1.52. The van der Waals surface area contributed by atoms with Crippen molar-refractivity contribution >= 4 is 45.5 Å². The number of hydrazone groups is 1. The van der Waals surface area contributed by atoms with Crippen LogP contribution in [0.3, 0.4) is 0 Å². The fourth-order valence-corrected chi connectivity index (χ4v) is 4.31. The molecule has 0 aliphatic carbocycles. The highest BCUT2D eigenvalue weighted by Gasteiger charge is 2.13.